The van der Waals surface area contributed by atoms with Gasteiger partial charge in [0, 0.05) is 43.2 Å². The van der Waals surface area contributed by atoms with Crippen molar-refractivity contribution in [1.82, 2.24) is 8.01 Å². The Labute approximate surface area is 179 Å². The second-order valence-corrected chi connectivity index (χ2v) is 10.9. The standard InChI is InChI=1S/C21H21BrClIN2/c22-18-9-5-16(6-10-18)14-25-15-20(17-7-11-19(23)12-8-17)26-13-3-1-2-4-21(26)24-25/h5-12,15H,1-4,13-14H2. The largest absolute Gasteiger partial charge is 0.337 e. The number of hydrogen-bond donors (Lipinski definition) is 0. The molecule has 0 N–H and O–H groups in total. The van der Waals surface area contributed by atoms with Gasteiger partial charge in [-0.25, -0.2) is 0 Å². The van der Waals surface area contributed by atoms with Crippen LogP contribution in [0.2, 0.25) is 5.02 Å². The van der Waals surface area contributed by atoms with Gasteiger partial charge in [0.1, 0.15) is 0 Å². The fourth-order valence-electron chi connectivity index (χ4n) is 3.36. The van der Waals surface area contributed by atoms with Crippen molar-refractivity contribution in [3.63, 3.8) is 0 Å². The van der Waals surface area contributed by atoms with Gasteiger partial charge in [-0.15, -0.1) is 0 Å². The first-order chi connectivity index (χ1) is 12.7. The number of fused-ring (bicyclic) bond motifs is 1. The molecule has 1 fully saturated rings. The van der Waals surface area contributed by atoms with Gasteiger partial charge >= 0.3 is 0 Å². The van der Waals surface area contributed by atoms with Gasteiger partial charge in [-0.1, -0.05) is 58.2 Å². The molecule has 2 aromatic rings. The lowest BCUT2D eigenvalue weighted by Gasteiger charge is -2.34. The Morgan fingerprint density at radius 1 is 0.962 bits per heavy atom. The van der Waals surface area contributed by atoms with Gasteiger partial charge in [0.25, 0.3) is 0 Å². The maximum Gasteiger partial charge on any atom is 0.0679 e. The summed E-state index contributed by atoms with van der Waals surface area (Å²) in [5.41, 5.74) is 3.96. The molecule has 1 saturated heterocycles. The summed E-state index contributed by atoms with van der Waals surface area (Å²) in [7, 11) is 0. The molecule has 0 aliphatic carbocycles. The Kier molecular flexibility index (Phi) is 6.01. The van der Waals surface area contributed by atoms with Crippen LogP contribution in [0.1, 0.15) is 36.8 Å². The van der Waals surface area contributed by atoms with Crippen molar-refractivity contribution >= 4 is 57.9 Å². The normalized spacial score (nSPS) is 17.6. The third kappa shape index (κ3) is 4.34. The van der Waals surface area contributed by atoms with Gasteiger partial charge in [0.05, 0.1) is 15.9 Å². The Balaban J connectivity index is 1.67. The molecule has 0 spiro atoms. The average Bonchev–Trinajstić information content (AvgIpc) is 2.89. The second-order valence-electron chi connectivity index (χ2n) is 6.63. The minimum Gasteiger partial charge on any atom is -0.337 e. The Hall–Kier alpha value is -0.850. The molecule has 136 valence electrons. The first kappa shape index (κ1) is 18.5. The lowest BCUT2D eigenvalue weighted by molar-refractivity contribution is 0.551. The number of halogens is 3. The molecule has 2 nitrogen and oxygen atoms in total. The van der Waals surface area contributed by atoms with Crippen molar-refractivity contribution < 1.29 is 0 Å². The SMILES string of the molecule is Clc1ccc(C2=CN(Cc3ccc(Br)cc3)I=C3CCCCCN23)cc1. The van der Waals surface area contributed by atoms with E-state index in [9.17, 15) is 0 Å². The summed E-state index contributed by atoms with van der Waals surface area (Å²) < 4.78 is 5.35. The number of hydrogen-bond acceptors (Lipinski definition) is 2. The van der Waals surface area contributed by atoms with Gasteiger partial charge in [-0.2, -0.15) is 0 Å². The summed E-state index contributed by atoms with van der Waals surface area (Å²) in [5.74, 6) is 0. The lowest BCUT2D eigenvalue weighted by Crippen LogP contribution is -2.32. The highest BCUT2D eigenvalue weighted by molar-refractivity contribution is 14.2. The number of nitrogens with zero attached hydrogens (tertiary/aromatic N) is 2. The van der Waals surface area contributed by atoms with Crippen LogP contribution in [0.15, 0.2) is 59.2 Å². The van der Waals surface area contributed by atoms with Crippen molar-refractivity contribution in [3.05, 3.63) is 75.4 Å². The minimum absolute atomic E-state index is 0.128. The van der Waals surface area contributed by atoms with E-state index in [1.165, 1.54) is 42.5 Å². The molecule has 0 aromatic heterocycles. The van der Waals surface area contributed by atoms with Crippen LogP contribution < -0.4 is 0 Å². The maximum absolute atomic E-state index is 6.12. The van der Waals surface area contributed by atoms with E-state index in [1.54, 1.807) is 3.63 Å². The zero-order valence-corrected chi connectivity index (χ0v) is 19.0. The minimum atomic E-state index is -0.128. The van der Waals surface area contributed by atoms with Crippen molar-refractivity contribution in [2.45, 2.75) is 32.2 Å². The van der Waals surface area contributed by atoms with Crippen LogP contribution in [0.25, 0.3) is 5.70 Å². The van der Waals surface area contributed by atoms with E-state index in [0.29, 0.717) is 0 Å². The van der Waals surface area contributed by atoms with Crippen LogP contribution in [0.5, 0.6) is 0 Å². The molecule has 2 aliphatic heterocycles. The molecule has 0 unspecified atom stereocenters. The van der Waals surface area contributed by atoms with Crippen LogP contribution in [0, 0.1) is 0 Å². The molecule has 2 aromatic carbocycles. The van der Waals surface area contributed by atoms with Gasteiger partial charge < -0.3 is 8.01 Å². The molecule has 5 heteroatoms. The summed E-state index contributed by atoms with van der Waals surface area (Å²) in [6.07, 6.45) is 7.57. The van der Waals surface area contributed by atoms with Crippen molar-refractivity contribution in [3.8, 4) is 0 Å². The zero-order chi connectivity index (χ0) is 17.9. The van der Waals surface area contributed by atoms with E-state index >= 15 is 0 Å². The summed E-state index contributed by atoms with van der Waals surface area (Å²) in [6.45, 7) is 2.13. The van der Waals surface area contributed by atoms with E-state index in [2.05, 4.69) is 66.5 Å². The molecule has 0 amide bonds. The summed E-state index contributed by atoms with van der Waals surface area (Å²) in [5, 5.41) is 0.796. The Bertz CT molecular complexity index is 830. The van der Waals surface area contributed by atoms with E-state index < -0.39 is 0 Å². The van der Waals surface area contributed by atoms with Crippen molar-refractivity contribution in [2.75, 3.05) is 6.54 Å². The lowest BCUT2D eigenvalue weighted by atomic mass is 10.1. The molecule has 0 saturated carbocycles. The van der Waals surface area contributed by atoms with Crippen molar-refractivity contribution in [2.24, 2.45) is 0 Å². The van der Waals surface area contributed by atoms with Crippen LogP contribution in [0.4, 0.5) is 0 Å². The van der Waals surface area contributed by atoms with Gasteiger partial charge in [0.15, 0.2) is 0 Å². The van der Waals surface area contributed by atoms with Crippen LogP contribution >= 0.6 is 48.5 Å². The van der Waals surface area contributed by atoms with E-state index in [0.717, 1.165) is 22.6 Å². The highest BCUT2D eigenvalue weighted by Gasteiger charge is 2.24. The monoisotopic (exact) mass is 542 g/mol. The van der Waals surface area contributed by atoms with E-state index in [4.69, 9.17) is 11.6 Å². The Morgan fingerprint density at radius 2 is 1.73 bits per heavy atom. The van der Waals surface area contributed by atoms with Crippen LogP contribution in [-0.4, -0.2) is 18.2 Å². The smallest absolute Gasteiger partial charge is 0.0679 e. The van der Waals surface area contributed by atoms with Crippen LogP contribution in [0.3, 0.4) is 0 Å². The molecule has 4 rings (SSSR count). The predicted molar refractivity (Wildman–Crippen MR) is 123 cm³/mol. The topological polar surface area (TPSA) is 6.48 Å². The fraction of sp³-hybridized carbons (Fsp3) is 0.286. The molecule has 0 atom stereocenters. The summed E-state index contributed by atoms with van der Waals surface area (Å²) in [6, 6.07) is 17.0. The average molecular weight is 544 g/mol. The molecule has 0 radical (unpaired) electrons. The fourth-order valence-corrected chi connectivity index (χ4v) is 6.81. The van der Waals surface area contributed by atoms with Gasteiger partial charge in [-0.3, -0.25) is 0 Å². The first-order valence-electron chi connectivity index (χ1n) is 8.96. The first-order valence-corrected chi connectivity index (χ1v) is 12.2. The van der Waals surface area contributed by atoms with Crippen LogP contribution in [-0.2, 0) is 6.54 Å². The molecular weight excluding hydrogens is 523 g/mol. The highest BCUT2D eigenvalue weighted by atomic mass is 127. The molecular formula is C21H21BrClIN2. The second kappa shape index (κ2) is 8.44. The number of rotatable bonds is 3. The zero-order valence-electron chi connectivity index (χ0n) is 14.5. The predicted octanol–water partition coefficient (Wildman–Crippen LogP) is 6.81. The maximum atomic E-state index is 6.12. The highest BCUT2D eigenvalue weighted by Crippen LogP contribution is 2.35. The van der Waals surface area contributed by atoms with Gasteiger partial charge in [-0.05, 0) is 54.7 Å². The van der Waals surface area contributed by atoms with Crippen molar-refractivity contribution in [1.29, 1.82) is 0 Å². The Morgan fingerprint density at radius 3 is 2.50 bits per heavy atom. The molecule has 0 bridgehead atoms. The van der Waals surface area contributed by atoms with Gasteiger partial charge in [0.2, 0.25) is 0 Å². The summed E-state index contributed by atoms with van der Waals surface area (Å²) >= 11 is 9.52. The summed E-state index contributed by atoms with van der Waals surface area (Å²) in [4.78, 5) is 2.60. The van der Waals surface area contributed by atoms with E-state index in [1.807, 2.05) is 12.1 Å². The molecule has 26 heavy (non-hydrogen) atoms. The molecule has 2 heterocycles. The quantitative estimate of drug-likeness (QED) is 0.310. The third-order valence-electron chi connectivity index (χ3n) is 4.70. The molecule has 2 aliphatic rings. The van der Waals surface area contributed by atoms with E-state index in [-0.39, 0.29) is 21.0 Å². The number of benzene rings is 2. The third-order valence-corrected chi connectivity index (χ3v) is 8.40.